The average Bonchev–Trinajstić information content (AvgIpc) is 2.87. The Morgan fingerprint density at radius 2 is 2.31 bits per heavy atom. The molecule has 13 heavy (non-hydrogen) atoms. The first-order valence-corrected chi connectivity index (χ1v) is 5.62. The van der Waals surface area contributed by atoms with Crippen molar-refractivity contribution < 1.29 is 0 Å². The van der Waals surface area contributed by atoms with E-state index in [0.717, 1.165) is 27.0 Å². The van der Waals surface area contributed by atoms with Crippen molar-refractivity contribution in [2.24, 2.45) is 0 Å². The fourth-order valence-corrected chi connectivity index (χ4v) is 2.66. The Labute approximate surface area is 86.2 Å². The molecule has 66 valence electrons. The van der Waals surface area contributed by atoms with E-state index >= 15 is 0 Å². The van der Waals surface area contributed by atoms with E-state index in [0.29, 0.717) is 5.92 Å². The predicted octanol–water partition coefficient (Wildman–Crippen LogP) is 2.33. The molecule has 0 amide bonds. The van der Waals surface area contributed by atoms with Crippen molar-refractivity contribution >= 4 is 28.2 Å². The molecule has 0 N–H and O–H groups in total. The monoisotopic (exact) mass is 208 g/mol. The van der Waals surface area contributed by atoms with Gasteiger partial charge in [-0.3, -0.25) is 4.98 Å². The zero-order chi connectivity index (χ0) is 8.84. The van der Waals surface area contributed by atoms with Gasteiger partial charge in [0.25, 0.3) is 0 Å². The lowest BCUT2D eigenvalue weighted by Gasteiger charge is -1.98. The molecule has 1 fully saturated rings. The van der Waals surface area contributed by atoms with E-state index in [9.17, 15) is 0 Å². The van der Waals surface area contributed by atoms with Crippen LogP contribution in [0.25, 0.3) is 0 Å². The molecule has 2 nitrogen and oxygen atoms in total. The van der Waals surface area contributed by atoms with E-state index in [-0.39, 0.29) is 0 Å². The number of thiocarbonyl (C=S) groups is 1. The van der Waals surface area contributed by atoms with Gasteiger partial charge in [-0.1, -0.05) is 24.0 Å². The van der Waals surface area contributed by atoms with E-state index in [1.54, 1.807) is 11.8 Å². The lowest BCUT2D eigenvalue weighted by Crippen LogP contribution is -1.94. The number of rotatable bonds is 1. The van der Waals surface area contributed by atoms with Crippen LogP contribution in [0, 0.1) is 0 Å². The number of aromatic nitrogens is 2. The van der Waals surface area contributed by atoms with Crippen molar-refractivity contribution in [3.63, 3.8) is 0 Å². The maximum absolute atomic E-state index is 5.13. The molecule has 0 bridgehead atoms. The van der Waals surface area contributed by atoms with Crippen LogP contribution < -0.4 is 0 Å². The van der Waals surface area contributed by atoms with Gasteiger partial charge in [-0.25, -0.2) is 4.98 Å². The fraction of sp³-hybridized carbons (Fsp3) is 0.444. The van der Waals surface area contributed by atoms with Gasteiger partial charge in [0.15, 0.2) is 0 Å². The standard InChI is InChI=1S/C9H8N2S2/c12-8-3-6-9(13-8)11-7(4-10-6)5-1-2-5/h4-5H,1-3H2. The second-order valence-corrected chi connectivity index (χ2v) is 5.31. The highest BCUT2D eigenvalue weighted by Gasteiger charge is 2.28. The van der Waals surface area contributed by atoms with Crippen molar-refractivity contribution in [2.45, 2.75) is 30.2 Å². The van der Waals surface area contributed by atoms with E-state index in [1.165, 1.54) is 12.8 Å². The van der Waals surface area contributed by atoms with Gasteiger partial charge in [-0.2, -0.15) is 0 Å². The van der Waals surface area contributed by atoms with Gasteiger partial charge < -0.3 is 0 Å². The highest BCUT2D eigenvalue weighted by atomic mass is 32.2. The molecule has 0 atom stereocenters. The van der Waals surface area contributed by atoms with Gasteiger partial charge >= 0.3 is 0 Å². The minimum Gasteiger partial charge on any atom is -0.256 e. The summed E-state index contributed by atoms with van der Waals surface area (Å²) in [6, 6.07) is 0. The summed E-state index contributed by atoms with van der Waals surface area (Å²) in [6.07, 6.45) is 5.31. The molecule has 0 spiro atoms. The molecule has 1 aromatic rings. The van der Waals surface area contributed by atoms with Crippen LogP contribution in [0.1, 0.15) is 30.1 Å². The molecule has 0 unspecified atom stereocenters. The number of hydrogen-bond acceptors (Lipinski definition) is 4. The lowest BCUT2D eigenvalue weighted by atomic mass is 10.3. The van der Waals surface area contributed by atoms with Gasteiger partial charge in [-0.05, 0) is 12.8 Å². The van der Waals surface area contributed by atoms with Crippen LogP contribution in [-0.4, -0.2) is 14.2 Å². The third-order valence-corrected chi connectivity index (χ3v) is 3.63. The minimum atomic E-state index is 0.688. The normalized spacial score (nSPS) is 20.5. The molecule has 2 aliphatic rings. The predicted molar refractivity (Wildman–Crippen MR) is 56.2 cm³/mol. The maximum Gasteiger partial charge on any atom is 0.124 e. The third kappa shape index (κ3) is 1.38. The molecule has 0 saturated heterocycles. The SMILES string of the molecule is S=C1Cc2ncc(C3CC3)nc2S1. The number of fused-ring (bicyclic) bond motifs is 1. The summed E-state index contributed by atoms with van der Waals surface area (Å²) < 4.78 is 1.00. The van der Waals surface area contributed by atoms with Crippen LogP contribution in [0.2, 0.25) is 0 Å². The number of thioether (sulfide) groups is 1. The second kappa shape index (κ2) is 2.75. The summed E-state index contributed by atoms with van der Waals surface area (Å²) in [7, 11) is 0. The smallest absolute Gasteiger partial charge is 0.124 e. The van der Waals surface area contributed by atoms with E-state index < -0.39 is 0 Å². The first kappa shape index (κ1) is 7.88. The van der Waals surface area contributed by atoms with Gasteiger partial charge in [0, 0.05) is 18.5 Å². The minimum absolute atomic E-state index is 0.688. The van der Waals surface area contributed by atoms with Crippen LogP contribution in [0.5, 0.6) is 0 Å². The molecule has 1 aliphatic heterocycles. The van der Waals surface area contributed by atoms with Gasteiger partial charge in [0.05, 0.1) is 15.6 Å². The Balaban J connectivity index is 2.02. The summed E-state index contributed by atoms with van der Waals surface area (Å²) in [5.41, 5.74) is 2.23. The van der Waals surface area contributed by atoms with Crippen LogP contribution >= 0.6 is 24.0 Å². The highest BCUT2D eigenvalue weighted by Crippen LogP contribution is 2.40. The number of nitrogens with zero attached hydrogens (tertiary/aromatic N) is 2. The summed E-state index contributed by atoms with van der Waals surface area (Å²) in [4.78, 5) is 8.98. The first-order chi connectivity index (χ1) is 6.33. The van der Waals surface area contributed by atoms with Crippen LogP contribution in [0.4, 0.5) is 0 Å². The third-order valence-electron chi connectivity index (χ3n) is 2.35. The molecule has 1 saturated carbocycles. The van der Waals surface area contributed by atoms with Gasteiger partial charge in [0.2, 0.25) is 0 Å². The Bertz CT molecular complexity index is 385. The Morgan fingerprint density at radius 1 is 1.46 bits per heavy atom. The second-order valence-electron chi connectivity index (χ2n) is 3.47. The van der Waals surface area contributed by atoms with Crippen molar-refractivity contribution in [1.29, 1.82) is 0 Å². The molecular formula is C9H8N2S2. The summed E-state index contributed by atoms with van der Waals surface area (Å²) in [5, 5.41) is 1.05. The zero-order valence-electron chi connectivity index (χ0n) is 6.99. The fourth-order valence-electron chi connectivity index (χ4n) is 1.47. The lowest BCUT2D eigenvalue weighted by molar-refractivity contribution is 0.888. The number of hydrogen-bond donors (Lipinski definition) is 0. The van der Waals surface area contributed by atoms with E-state index in [2.05, 4.69) is 9.97 Å². The molecular weight excluding hydrogens is 200 g/mol. The van der Waals surface area contributed by atoms with Crippen LogP contribution in [0.3, 0.4) is 0 Å². The Hall–Kier alpha value is -0.480. The average molecular weight is 208 g/mol. The summed E-state index contributed by atoms with van der Waals surface area (Å²) in [6.45, 7) is 0. The topological polar surface area (TPSA) is 25.8 Å². The Morgan fingerprint density at radius 3 is 3.08 bits per heavy atom. The molecule has 1 aliphatic carbocycles. The van der Waals surface area contributed by atoms with Crippen molar-refractivity contribution in [1.82, 2.24) is 9.97 Å². The Kier molecular flexibility index (Phi) is 1.67. The zero-order valence-corrected chi connectivity index (χ0v) is 8.62. The molecule has 3 rings (SSSR count). The summed E-state index contributed by atoms with van der Waals surface area (Å²) >= 11 is 6.74. The first-order valence-electron chi connectivity index (χ1n) is 4.39. The molecule has 0 radical (unpaired) electrons. The van der Waals surface area contributed by atoms with E-state index in [1.807, 2.05) is 6.20 Å². The molecule has 0 aromatic carbocycles. The summed E-state index contributed by atoms with van der Waals surface area (Å²) in [5.74, 6) is 0.688. The van der Waals surface area contributed by atoms with Crippen LogP contribution in [-0.2, 0) is 6.42 Å². The van der Waals surface area contributed by atoms with Crippen LogP contribution in [0.15, 0.2) is 11.2 Å². The molecule has 4 heteroatoms. The van der Waals surface area contributed by atoms with Gasteiger partial charge in [-0.15, -0.1) is 0 Å². The van der Waals surface area contributed by atoms with Crippen molar-refractivity contribution in [3.8, 4) is 0 Å². The molecule has 1 aromatic heterocycles. The largest absolute Gasteiger partial charge is 0.256 e. The van der Waals surface area contributed by atoms with Crippen molar-refractivity contribution in [2.75, 3.05) is 0 Å². The highest BCUT2D eigenvalue weighted by molar-refractivity contribution is 8.23. The quantitative estimate of drug-likeness (QED) is 0.662. The molecule has 2 heterocycles. The van der Waals surface area contributed by atoms with E-state index in [4.69, 9.17) is 12.2 Å². The van der Waals surface area contributed by atoms with Gasteiger partial charge in [0.1, 0.15) is 5.03 Å². The maximum atomic E-state index is 5.13. The van der Waals surface area contributed by atoms with Crippen molar-refractivity contribution in [3.05, 3.63) is 17.6 Å².